The second-order valence-corrected chi connectivity index (χ2v) is 4.77. The summed E-state index contributed by atoms with van der Waals surface area (Å²) in [4.78, 5) is 22.4. The molecule has 7 nitrogen and oxygen atoms in total. The van der Waals surface area contributed by atoms with Crippen molar-refractivity contribution >= 4 is 11.9 Å². The predicted molar refractivity (Wildman–Crippen MR) is 67.5 cm³/mol. The quantitative estimate of drug-likeness (QED) is 0.526. The Morgan fingerprint density at radius 2 is 2.26 bits per heavy atom. The molecule has 0 spiro atoms. The normalized spacial score (nSPS) is 27.9. The Balaban J connectivity index is 2.43. The maximum atomic E-state index is 11.5. The molecule has 1 aliphatic heterocycles. The van der Waals surface area contributed by atoms with Crippen LogP contribution in [0, 0.1) is 0 Å². The summed E-state index contributed by atoms with van der Waals surface area (Å²) in [6.07, 6.45) is 0.293. The summed E-state index contributed by atoms with van der Waals surface area (Å²) in [7, 11) is 1.26. The summed E-state index contributed by atoms with van der Waals surface area (Å²) < 4.78 is 9.91. The highest BCUT2D eigenvalue weighted by Gasteiger charge is 2.39. The first-order valence-electron chi connectivity index (χ1n) is 6.28. The van der Waals surface area contributed by atoms with Crippen molar-refractivity contribution in [3.05, 3.63) is 0 Å². The van der Waals surface area contributed by atoms with Crippen LogP contribution in [0.4, 0.5) is 0 Å². The molecule has 7 heteroatoms. The van der Waals surface area contributed by atoms with Crippen LogP contribution in [0.1, 0.15) is 20.3 Å². The molecule has 0 radical (unpaired) electrons. The number of hydrogen-bond donors (Lipinski definition) is 3. The molecular weight excluding hydrogens is 252 g/mol. The fraction of sp³-hybridized carbons (Fsp3) is 0.833. The highest BCUT2D eigenvalue weighted by molar-refractivity contribution is 5.83. The van der Waals surface area contributed by atoms with Crippen LogP contribution in [0.2, 0.25) is 0 Å². The van der Waals surface area contributed by atoms with Gasteiger partial charge in [-0.2, -0.15) is 0 Å². The first-order valence-corrected chi connectivity index (χ1v) is 6.28. The minimum absolute atomic E-state index is 0.196. The summed E-state index contributed by atoms with van der Waals surface area (Å²) in [6, 6.07) is -0.760. The summed E-state index contributed by atoms with van der Waals surface area (Å²) >= 11 is 0. The van der Waals surface area contributed by atoms with Gasteiger partial charge in [-0.25, -0.2) is 4.79 Å². The molecule has 0 aromatic rings. The maximum Gasteiger partial charge on any atom is 0.329 e. The van der Waals surface area contributed by atoms with Crippen molar-refractivity contribution in [1.29, 1.82) is 0 Å². The molecule has 0 bridgehead atoms. The van der Waals surface area contributed by atoms with E-state index in [1.54, 1.807) is 6.92 Å². The minimum atomic E-state index is -0.934. The van der Waals surface area contributed by atoms with E-state index in [0.29, 0.717) is 19.6 Å². The van der Waals surface area contributed by atoms with Gasteiger partial charge in [-0.05, 0) is 6.92 Å². The van der Waals surface area contributed by atoms with Gasteiger partial charge in [-0.1, -0.05) is 0 Å². The molecule has 1 heterocycles. The first kappa shape index (κ1) is 15.9. The summed E-state index contributed by atoms with van der Waals surface area (Å²) in [6.45, 7) is 4.14. The van der Waals surface area contributed by atoms with Crippen LogP contribution >= 0.6 is 0 Å². The van der Waals surface area contributed by atoms with Crippen LogP contribution in [0.3, 0.4) is 0 Å². The lowest BCUT2D eigenvalue weighted by Crippen LogP contribution is -2.52. The van der Waals surface area contributed by atoms with E-state index in [0.717, 1.165) is 0 Å². The van der Waals surface area contributed by atoms with Crippen LogP contribution < -0.4 is 10.6 Å². The van der Waals surface area contributed by atoms with E-state index in [1.807, 2.05) is 0 Å². The Hall–Kier alpha value is -1.18. The number of amides is 1. The van der Waals surface area contributed by atoms with Gasteiger partial charge < -0.3 is 25.2 Å². The molecule has 0 aromatic heterocycles. The van der Waals surface area contributed by atoms with E-state index >= 15 is 0 Å². The predicted octanol–water partition coefficient (Wildman–Crippen LogP) is -1.21. The third-order valence-electron chi connectivity index (χ3n) is 3.30. The number of ether oxygens (including phenoxy) is 2. The summed E-state index contributed by atoms with van der Waals surface area (Å²) in [5.41, 5.74) is -0.934. The second kappa shape index (κ2) is 6.83. The van der Waals surface area contributed by atoms with Crippen LogP contribution in [0.5, 0.6) is 0 Å². The highest BCUT2D eigenvalue weighted by Crippen LogP contribution is 2.24. The zero-order valence-corrected chi connectivity index (χ0v) is 11.6. The molecule has 3 unspecified atom stereocenters. The zero-order chi connectivity index (χ0) is 14.5. The molecule has 0 aliphatic carbocycles. The largest absolute Gasteiger partial charge is 0.467 e. The fourth-order valence-electron chi connectivity index (χ4n) is 2.02. The number of esters is 1. The second-order valence-electron chi connectivity index (χ2n) is 4.77. The van der Waals surface area contributed by atoms with E-state index in [1.165, 1.54) is 14.0 Å². The van der Waals surface area contributed by atoms with Crippen molar-refractivity contribution in [1.82, 2.24) is 10.6 Å². The van der Waals surface area contributed by atoms with Crippen molar-refractivity contribution < 1.29 is 24.2 Å². The lowest BCUT2D eigenvalue weighted by molar-refractivity contribution is -0.144. The van der Waals surface area contributed by atoms with E-state index < -0.39 is 17.6 Å². The molecule has 110 valence electrons. The third kappa shape index (κ3) is 4.45. The highest BCUT2D eigenvalue weighted by atomic mass is 16.5. The number of methoxy groups -OCH3 is 1. The Morgan fingerprint density at radius 1 is 1.58 bits per heavy atom. The van der Waals surface area contributed by atoms with Crippen LogP contribution in [0.25, 0.3) is 0 Å². The van der Waals surface area contributed by atoms with E-state index in [9.17, 15) is 14.7 Å². The van der Waals surface area contributed by atoms with Crippen molar-refractivity contribution in [3.8, 4) is 0 Å². The van der Waals surface area contributed by atoms with Gasteiger partial charge in [0.25, 0.3) is 0 Å². The number of aliphatic hydroxyl groups is 1. The van der Waals surface area contributed by atoms with Gasteiger partial charge in [0.05, 0.1) is 13.2 Å². The van der Waals surface area contributed by atoms with Gasteiger partial charge >= 0.3 is 5.97 Å². The lowest BCUT2D eigenvalue weighted by Gasteiger charge is -2.27. The Labute approximate surface area is 112 Å². The number of hydrogen-bond acceptors (Lipinski definition) is 6. The van der Waals surface area contributed by atoms with Crippen LogP contribution in [0.15, 0.2) is 0 Å². The van der Waals surface area contributed by atoms with Crippen molar-refractivity contribution in [2.45, 2.75) is 38.0 Å². The molecule has 19 heavy (non-hydrogen) atoms. The third-order valence-corrected chi connectivity index (χ3v) is 3.30. The zero-order valence-electron chi connectivity index (χ0n) is 11.6. The van der Waals surface area contributed by atoms with Crippen LogP contribution in [-0.4, -0.2) is 61.5 Å². The molecule has 1 rings (SSSR count). The van der Waals surface area contributed by atoms with Gasteiger partial charge in [0.1, 0.15) is 11.6 Å². The molecule has 0 aromatic carbocycles. The van der Waals surface area contributed by atoms with Crippen molar-refractivity contribution in [3.63, 3.8) is 0 Å². The lowest BCUT2D eigenvalue weighted by atomic mass is 9.96. The average molecular weight is 274 g/mol. The fourth-order valence-corrected chi connectivity index (χ4v) is 2.02. The van der Waals surface area contributed by atoms with Gasteiger partial charge in [-0.3, -0.25) is 4.79 Å². The topological polar surface area (TPSA) is 96.9 Å². The molecule has 1 amide bonds. The SMILES string of the molecule is COC(=O)C(CNCC1(O)CCOC1C)NC(C)=O. The standard InChI is InChI=1S/C12H22N2O5/c1-8-12(17,4-5-19-8)7-13-6-10(11(16)18-3)14-9(2)15/h8,10,13,17H,4-7H2,1-3H3,(H,14,15). The van der Waals surface area contributed by atoms with Crippen LogP contribution in [-0.2, 0) is 19.1 Å². The van der Waals surface area contributed by atoms with E-state index in [2.05, 4.69) is 15.4 Å². The molecule has 1 saturated heterocycles. The maximum absolute atomic E-state index is 11.5. The smallest absolute Gasteiger partial charge is 0.329 e. The molecule has 1 fully saturated rings. The Morgan fingerprint density at radius 3 is 2.74 bits per heavy atom. The van der Waals surface area contributed by atoms with Crippen molar-refractivity contribution in [2.75, 3.05) is 26.8 Å². The van der Waals surface area contributed by atoms with Crippen molar-refractivity contribution in [2.24, 2.45) is 0 Å². The average Bonchev–Trinajstić information content (AvgIpc) is 2.67. The minimum Gasteiger partial charge on any atom is -0.467 e. The molecule has 0 saturated carbocycles. The van der Waals surface area contributed by atoms with E-state index in [4.69, 9.17) is 4.74 Å². The first-order chi connectivity index (χ1) is 8.89. The summed E-state index contributed by atoms with van der Waals surface area (Å²) in [5, 5.41) is 15.7. The molecule has 3 atom stereocenters. The number of rotatable bonds is 6. The number of carbonyl (C=O) groups is 2. The van der Waals surface area contributed by atoms with Gasteiger partial charge in [0, 0.05) is 33.0 Å². The van der Waals surface area contributed by atoms with Gasteiger partial charge in [0.15, 0.2) is 0 Å². The number of nitrogens with one attached hydrogen (secondary N) is 2. The molecule has 1 aliphatic rings. The van der Waals surface area contributed by atoms with Gasteiger partial charge in [0.2, 0.25) is 5.91 Å². The Kier molecular flexibility index (Phi) is 5.71. The number of carbonyl (C=O) groups excluding carboxylic acids is 2. The molecular formula is C12H22N2O5. The monoisotopic (exact) mass is 274 g/mol. The van der Waals surface area contributed by atoms with E-state index in [-0.39, 0.29) is 18.6 Å². The Bertz CT molecular complexity index is 336. The van der Waals surface area contributed by atoms with Gasteiger partial charge in [-0.15, -0.1) is 0 Å². The molecule has 3 N–H and O–H groups in total. The summed E-state index contributed by atoms with van der Waals surface area (Å²) in [5.74, 6) is -0.834.